The number of thiocarbonyl (C=S) groups is 1. The van der Waals surface area contributed by atoms with Gasteiger partial charge < -0.3 is 14.6 Å². The van der Waals surface area contributed by atoms with Crippen LogP contribution in [0.3, 0.4) is 0 Å². The van der Waals surface area contributed by atoms with Crippen LogP contribution in [0, 0.1) is 0 Å². The fourth-order valence-corrected chi connectivity index (χ4v) is 4.14. The summed E-state index contributed by atoms with van der Waals surface area (Å²) in [4.78, 5) is 24.8. The van der Waals surface area contributed by atoms with Crippen LogP contribution in [0.1, 0.15) is 18.1 Å². The van der Waals surface area contributed by atoms with Gasteiger partial charge in [0.2, 0.25) is 0 Å². The first-order valence-corrected chi connectivity index (χ1v) is 10.6. The van der Waals surface area contributed by atoms with Crippen LogP contribution >= 0.6 is 35.6 Å². The summed E-state index contributed by atoms with van der Waals surface area (Å²) < 4.78 is 11.8. The number of aliphatic carboxylic acids is 1. The van der Waals surface area contributed by atoms with Crippen LogP contribution in [0.15, 0.2) is 47.4 Å². The zero-order valence-electron chi connectivity index (χ0n) is 16.0. The maximum absolute atomic E-state index is 12.4. The van der Waals surface area contributed by atoms with Gasteiger partial charge in [-0.05, 0) is 36.8 Å². The van der Waals surface area contributed by atoms with Crippen LogP contribution in [0.5, 0.6) is 11.5 Å². The van der Waals surface area contributed by atoms with E-state index in [4.69, 9.17) is 38.4 Å². The molecule has 1 aliphatic heterocycles. The van der Waals surface area contributed by atoms with Crippen molar-refractivity contribution in [3.05, 3.63) is 63.5 Å². The van der Waals surface area contributed by atoms with Crippen LogP contribution in [-0.2, 0) is 16.2 Å². The number of carboxylic acid groups (broad SMARTS) is 1. The molecular weight excluding hydrogens is 446 g/mol. The lowest BCUT2D eigenvalue weighted by molar-refractivity contribution is -0.140. The van der Waals surface area contributed by atoms with E-state index >= 15 is 0 Å². The standard InChI is InChI=1S/C21H18ClNO5S2/c1-2-27-17-9-13(10-18-20(26)23(11-19(24)25)21(29)30-18)7-8-16(17)28-12-14-5-3-4-6-15(14)22/h3-10H,2,11-12H2,1H3,(H,24,25). The summed E-state index contributed by atoms with van der Waals surface area (Å²) in [6.45, 7) is 2.13. The van der Waals surface area contributed by atoms with Gasteiger partial charge in [0.1, 0.15) is 17.5 Å². The Hall–Kier alpha value is -2.55. The molecule has 3 rings (SSSR count). The molecule has 0 saturated carbocycles. The maximum Gasteiger partial charge on any atom is 0.323 e. The number of carbonyl (C=O) groups excluding carboxylic acids is 1. The number of amides is 1. The summed E-state index contributed by atoms with van der Waals surface area (Å²) in [5.41, 5.74) is 1.56. The maximum atomic E-state index is 12.4. The van der Waals surface area contributed by atoms with E-state index in [9.17, 15) is 9.59 Å². The van der Waals surface area contributed by atoms with E-state index in [0.717, 1.165) is 22.2 Å². The molecule has 0 radical (unpaired) electrons. The molecule has 0 aromatic heterocycles. The molecule has 0 aliphatic carbocycles. The Morgan fingerprint density at radius 1 is 1.23 bits per heavy atom. The molecule has 2 aromatic carbocycles. The largest absolute Gasteiger partial charge is 0.490 e. The highest BCUT2D eigenvalue weighted by molar-refractivity contribution is 8.26. The van der Waals surface area contributed by atoms with E-state index in [1.165, 1.54) is 0 Å². The van der Waals surface area contributed by atoms with Gasteiger partial charge in [0.25, 0.3) is 5.91 Å². The fraction of sp³-hybridized carbons (Fsp3) is 0.190. The van der Waals surface area contributed by atoms with Gasteiger partial charge in [0, 0.05) is 10.6 Å². The molecule has 1 aliphatic rings. The van der Waals surface area contributed by atoms with Crippen molar-refractivity contribution < 1.29 is 24.2 Å². The minimum atomic E-state index is -1.12. The van der Waals surface area contributed by atoms with Crippen molar-refractivity contribution in [2.75, 3.05) is 13.2 Å². The van der Waals surface area contributed by atoms with Gasteiger partial charge in [-0.15, -0.1) is 0 Å². The molecule has 156 valence electrons. The lowest BCUT2D eigenvalue weighted by Crippen LogP contribution is -2.33. The van der Waals surface area contributed by atoms with Gasteiger partial charge in [-0.2, -0.15) is 0 Å². The van der Waals surface area contributed by atoms with Crippen LogP contribution in [0.4, 0.5) is 0 Å². The van der Waals surface area contributed by atoms with Crippen LogP contribution < -0.4 is 9.47 Å². The quantitative estimate of drug-likeness (QED) is 0.452. The highest BCUT2D eigenvalue weighted by Crippen LogP contribution is 2.35. The van der Waals surface area contributed by atoms with Gasteiger partial charge in [0.15, 0.2) is 11.5 Å². The van der Waals surface area contributed by atoms with E-state index in [-0.39, 0.29) is 10.9 Å². The van der Waals surface area contributed by atoms with E-state index in [2.05, 4.69) is 0 Å². The molecule has 1 fully saturated rings. The first-order valence-electron chi connectivity index (χ1n) is 8.99. The highest BCUT2D eigenvalue weighted by atomic mass is 35.5. The van der Waals surface area contributed by atoms with E-state index in [0.29, 0.717) is 33.6 Å². The van der Waals surface area contributed by atoms with Crippen molar-refractivity contribution in [3.63, 3.8) is 0 Å². The van der Waals surface area contributed by atoms with Gasteiger partial charge in [0.05, 0.1) is 11.5 Å². The molecule has 0 atom stereocenters. The Morgan fingerprint density at radius 2 is 2.00 bits per heavy atom. The van der Waals surface area contributed by atoms with E-state index in [1.54, 1.807) is 30.3 Å². The predicted octanol–water partition coefficient (Wildman–Crippen LogP) is 4.60. The molecule has 6 nitrogen and oxygen atoms in total. The van der Waals surface area contributed by atoms with Crippen LogP contribution in [0.2, 0.25) is 5.02 Å². The first kappa shape index (κ1) is 22.1. The van der Waals surface area contributed by atoms with Crippen LogP contribution in [-0.4, -0.2) is 39.4 Å². The Balaban J connectivity index is 1.80. The van der Waals surface area contributed by atoms with Gasteiger partial charge in [-0.1, -0.05) is 59.8 Å². The second-order valence-corrected chi connectivity index (χ2v) is 8.26. The molecule has 9 heteroatoms. The summed E-state index contributed by atoms with van der Waals surface area (Å²) in [6, 6.07) is 12.7. The van der Waals surface area contributed by atoms with Gasteiger partial charge in [-0.3, -0.25) is 14.5 Å². The molecule has 1 N–H and O–H groups in total. The molecule has 0 spiro atoms. The van der Waals surface area contributed by atoms with Gasteiger partial charge >= 0.3 is 5.97 Å². The third-order valence-electron chi connectivity index (χ3n) is 4.07. The minimum Gasteiger partial charge on any atom is -0.490 e. The third kappa shape index (κ3) is 5.33. The van der Waals surface area contributed by atoms with Crippen molar-refractivity contribution in [2.24, 2.45) is 0 Å². The number of thioether (sulfide) groups is 1. The number of hydrogen-bond donors (Lipinski definition) is 1. The summed E-state index contributed by atoms with van der Waals surface area (Å²) in [6.07, 6.45) is 1.65. The van der Waals surface area contributed by atoms with Crippen molar-refractivity contribution in [1.82, 2.24) is 4.90 Å². The smallest absolute Gasteiger partial charge is 0.323 e. The van der Waals surface area contributed by atoms with Crippen molar-refractivity contribution in [3.8, 4) is 11.5 Å². The Bertz CT molecular complexity index is 1020. The summed E-state index contributed by atoms with van der Waals surface area (Å²) in [5, 5.41) is 9.56. The molecular formula is C21H18ClNO5S2. The third-order valence-corrected chi connectivity index (χ3v) is 5.82. The summed E-state index contributed by atoms with van der Waals surface area (Å²) in [5.74, 6) is -0.470. The molecule has 2 aromatic rings. The average molecular weight is 464 g/mol. The topological polar surface area (TPSA) is 76.1 Å². The van der Waals surface area contributed by atoms with E-state index < -0.39 is 18.4 Å². The number of hydrogen-bond acceptors (Lipinski definition) is 6. The number of carbonyl (C=O) groups is 2. The van der Waals surface area contributed by atoms with E-state index in [1.807, 2.05) is 25.1 Å². The Kier molecular flexibility index (Phi) is 7.36. The fourth-order valence-electron chi connectivity index (χ4n) is 2.70. The average Bonchev–Trinajstić information content (AvgIpc) is 2.96. The number of benzene rings is 2. The zero-order chi connectivity index (χ0) is 21.7. The van der Waals surface area contributed by atoms with Crippen LogP contribution in [0.25, 0.3) is 6.08 Å². The molecule has 0 unspecified atom stereocenters. The summed E-state index contributed by atoms with van der Waals surface area (Å²) in [7, 11) is 0. The highest BCUT2D eigenvalue weighted by Gasteiger charge is 2.33. The minimum absolute atomic E-state index is 0.221. The zero-order valence-corrected chi connectivity index (χ0v) is 18.4. The second kappa shape index (κ2) is 9.97. The van der Waals surface area contributed by atoms with Crippen molar-refractivity contribution >= 4 is 57.9 Å². The van der Waals surface area contributed by atoms with Crippen molar-refractivity contribution in [1.29, 1.82) is 0 Å². The lowest BCUT2D eigenvalue weighted by atomic mass is 10.1. The second-order valence-electron chi connectivity index (χ2n) is 6.18. The van der Waals surface area contributed by atoms with Gasteiger partial charge in [-0.25, -0.2) is 0 Å². The molecule has 1 saturated heterocycles. The monoisotopic (exact) mass is 463 g/mol. The number of nitrogens with zero attached hydrogens (tertiary/aromatic N) is 1. The number of ether oxygens (including phenoxy) is 2. The number of rotatable bonds is 8. The molecule has 1 amide bonds. The SMILES string of the molecule is CCOc1cc(C=C2SC(=S)N(CC(=O)O)C2=O)ccc1OCc1ccccc1Cl. The molecule has 1 heterocycles. The Morgan fingerprint density at radius 3 is 2.70 bits per heavy atom. The molecule has 0 bridgehead atoms. The first-order chi connectivity index (χ1) is 14.4. The number of carboxylic acids is 1. The van der Waals surface area contributed by atoms with Crippen molar-refractivity contribution in [2.45, 2.75) is 13.5 Å². The lowest BCUT2D eigenvalue weighted by Gasteiger charge is -2.13. The Labute approximate surface area is 188 Å². The summed E-state index contributed by atoms with van der Waals surface area (Å²) >= 11 is 12.4. The predicted molar refractivity (Wildman–Crippen MR) is 121 cm³/mol. The normalized spacial score (nSPS) is 15.0. The molecule has 30 heavy (non-hydrogen) atoms. The number of halogens is 1.